The van der Waals surface area contributed by atoms with Crippen LogP contribution in [0.1, 0.15) is 20.3 Å². The summed E-state index contributed by atoms with van der Waals surface area (Å²) in [6, 6.07) is 3.04. The normalized spacial score (nSPS) is 12.6. The number of hydrogen-bond acceptors (Lipinski definition) is 2. The standard InChI is InChI=1S/C13H17Cl3N2O/c1-7(2)3-8(6-17)13(19)18-12-5-10(15)9(14)4-11(12)16/h4-5,7-8H,3,6,17H2,1-2H3,(H,18,19). The number of rotatable bonds is 5. The van der Waals surface area contributed by atoms with Crippen LogP contribution in [0.3, 0.4) is 0 Å². The van der Waals surface area contributed by atoms with E-state index in [4.69, 9.17) is 40.5 Å². The number of anilines is 1. The minimum absolute atomic E-state index is 0.156. The summed E-state index contributed by atoms with van der Waals surface area (Å²) in [5, 5.41) is 3.78. The number of carbonyl (C=O) groups is 1. The zero-order chi connectivity index (χ0) is 14.6. The lowest BCUT2D eigenvalue weighted by molar-refractivity contribution is -0.120. The molecule has 1 atom stereocenters. The molecule has 0 aliphatic rings. The molecular formula is C13H17Cl3N2O. The number of nitrogens with one attached hydrogen (secondary N) is 1. The Morgan fingerprint density at radius 3 is 2.32 bits per heavy atom. The van der Waals surface area contributed by atoms with Crippen LogP contribution in [0.2, 0.25) is 15.1 Å². The Balaban J connectivity index is 2.84. The fraction of sp³-hybridized carbons (Fsp3) is 0.462. The van der Waals surface area contributed by atoms with Crippen molar-refractivity contribution >= 4 is 46.4 Å². The number of nitrogens with two attached hydrogens (primary N) is 1. The Hall–Kier alpha value is -0.480. The Kier molecular flexibility index (Phi) is 6.40. The van der Waals surface area contributed by atoms with Gasteiger partial charge in [-0.15, -0.1) is 0 Å². The van der Waals surface area contributed by atoms with E-state index in [2.05, 4.69) is 5.32 Å². The number of carbonyl (C=O) groups excluding carboxylic acids is 1. The first-order valence-corrected chi connectivity index (χ1v) is 7.14. The first kappa shape index (κ1) is 16.6. The van der Waals surface area contributed by atoms with Gasteiger partial charge in [0, 0.05) is 6.54 Å². The summed E-state index contributed by atoms with van der Waals surface area (Å²) in [5.74, 6) is -0.00872. The molecule has 0 heterocycles. The number of benzene rings is 1. The van der Waals surface area contributed by atoms with Crippen molar-refractivity contribution in [1.29, 1.82) is 0 Å². The van der Waals surface area contributed by atoms with Crippen LogP contribution in [0.25, 0.3) is 0 Å². The third-order valence-corrected chi connectivity index (χ3v) is 3.71. The molecule has 0 aliphatic heterocycles. The molecule has 0 aromatic heterocycles. The van der Waals surface area contributed by atoms with Gasteiger partial charge in [-0.3, -0.25) is 4.79 Å². The van der Waals surface area contributed by atoms with Crippen LogP contribution in [0, 0.1) is 11.8 Å². The topological polar surface area (TPSA) is 55.1 Å². The molecule has 0 spiro atoms. The maximum Gasteiger partial charge on any atom is 0.228 e. The van der Waals surface area contributed by atoms with Gasteiger partial charge < -0.3 is 11.1 Å². The van der Waals surface area contributed by atoms with Gasteiger partial charge in [0.15, 0.2) is 0 Å². The summed E-state index contributed by atoms with van der Waals surface area (Å²) in [4.78, 5) is 12.1. The molecule has 1 amide bonds. The van der Waals surface area contributed by atoms with E-state index in [1.807, 2.05) is 13.8 Å². The first-order chi connectivity index (χ1) is 8.85. The first-order valence-electron chi connectivity index (χ1n) is 6.00. The molecule has 0 radical (unpaired) electrons. The van der Waals surface area contributed by atoms with Crippen molar-refractivity contribution in [2.24, 2.45) is 17.6 Å². The molecule has 1 aromatic rings. The Bertz CT molecular complexity index is 463. The Morgan fingerprint density at radius 2 is 1.79 bits per heavy atom. The summed E-state index contributed by atoms with van der Waals surface area (Å²) in [5.41, 5.74) is 6.07. The van der Waals surface area contributed by atoms with E-state index in [0.29, 0.717) is 33.2 Å². The van der Waals surface area contributed by atoms with Gasteiger partial charge in [-0.2, -0.15) is 0 Å². The molecule has 0 saturated heterocycles. The maximum absolute atomic E-state index is 12.1. The Labute approximate surface area is 128 Å². The highest BCUT2D eigenvalue weighted by Gasteiger charge is 2.19. The molecule has 3 nitrogen and oxygen atoms in total. The molecule has 0 fully saturated rings. The largest absolute Gasteiger partial charge is 0.330 e. The quantitative estimate of drug-likeness (QED) is 0.798. The number of amides is 1. The second-order valence-electron chi connectivity index (χ2n) is 4.80. The average molecular weight is 324 g/mol. The highest BCUT2D eigenvalue weighted by molar-refractivity contribution is 6.44. The molecule has 6 heteroatoms. The molecule has 106 valence electrons. The monoisotopic (exact) mass is 322 g/mol. The van der Waals surface area contributed by atoms with Gasteiger partial charge in [0.2, 0.25) is 5.91 Å². The minimum atomic E-state index is -0.245. The van der Waals surface area contributed by atoms with Crippen LogP contribution < -0.4 is 11.1 Å². The van der Waals surface area contributed by atoms with Crippen LogP contribution in [-0.4, -0.2) is 12.5 Å². The summed E-state index contributed by atoms with van der Waals surface area (Å²) in [6.45, 7) is 4.38. The molecule has 1 aromatic carbocycles. The zero-order valence-corrected chi connectivity index (χ0v) is 13.1. The molecule has 0 bridgehead atoms. The summed E-state index contributed by atoms with van der Waals surface area (Å²) < 4.78 is 0. The van der Waals surface area contributed by atoms with Crippen molar-refractivity contribution in [2.75, 3.05) is 11.9 Å². The zero-order valence-electron chi connectivity index (χ0n) is 10.8. The van der Waals surface area contributed by atoms with Crippen LogP contribution in [-0.2, 0) is 4.79 Å². The van der Waals surface area contributed by atoms with Gasteiger partial charge in [-0.1, -0.05) is 48.7 Å². The Morgan fingerprint density at radius 1 is 1.21 bits per heavy atom. The van der Waals surface area contributed by atoms with Crippen LogP contribution in [0.15, 0.2) is 12.1 Å². The summed E-state index contributed by atoms with van der Waals surface area (Å²) in [6.07, 6.45) is 0.723. The molecule has 19 heavy (non-hydrogen) atoms. The molecule has 1 unspecified atom stereocenters. The van der Waals surface area contributed by atoms with Crippen molar-refractivity contribution in [3.05, 3.63) is 27.2 Å². The maximum atomic E-state index is 12.1. The van der Waals surface area contributed by atoms with Crippen LogP contribution in [0.4, 0.5) is 5.69 Å². The van der Waals surface area contributed by atoms with E-state index in [1.54, 1.807) is 0 Å². The second-order valence-corrected chi connectivity index (χ2v) is 6.02. The SMILES string of the molecule is CC(C)CC(CN)C(=O)Nc1cc(Cl)c(Cl)cc1Cl. The van der Waals surface area contributed by atoms with Gasteiger partial charge in [-0.05, 0) is 24.5 Å². The predicted molar refractivity (Wildman–Crippen MR) is 82.1 cm³/mol. The van der Waals surface area contributed by atoms with Crippen molar-refractivity contribution in [3.8, 4) is 0 Å². The summed E-state index contributed by atoms with van der Waals surface area (Å²) in [7, 11) is 0. The number of halogens is 3. The van der Waals surface area contributed by atoms with E-state index in [1.165, 1.54) is 12.1 Å². The lowest BCUT2D eigenvalue weighted by Gasteiger charge is -2.17. The van der Waals surface area contributed by atoms with Crippen molar-refractivity contribution in [2.45, 2.75) is 20.3 Å². The molecule has 0 saturated carbocycles. The molecule has 0 aliphatic carbocycles. The molecule has 1 rings (SSSR count). The predicted octanol–water partition coefficient (Wildman–Crippen LogP) is 4.21. The third kappa shape index (κ3) is 4.84. The fourth-order valence-electron chi connectivity index (χ4n) is 1.73. The van der Waals surface area contributed by atoms with Gasteiger partial charge in [0.05, 0.1) is 26.7 Å². The lowest BCUT2D eigenvalue weighted by atomic mass is 9.96. The van der Waals surface area contributed by atoms with Gasteiger partial charge in [-0.25, -0.2) is 0 Å². The van der Waals surface area contributed by atoms with Crippen LogP contribution in [0.5, 0.6) is 0 Å². The lowest BCUT2D eigenvalue weighted by Crippen LogP contribution is -2.30. The smallest absolute Gasteiger partial charge is 0.228 e. The van der Waals surface area contributed by atoms with E-state index in [9.17, 15) is 4.79 Å². The van der Waals surface area contributed by atoms with E-state index in [0.717, 1.165) is 6.42 Å². The number of hydrogen-bond donors (Lipinski definition) is 2. The van der Waals surface area contributed by atoms with Crippen molar-refractivity contribution < 1.29 is 4.79 Å². The van der Waals surface area contributed by atoms with Crippen molar-refractivity contribution in [1.82, 2.24) is 0 Å². The van der Waals surface area contributed by atoms with E-state index >= 15 is 0 Å². The fourth-order valence-corrected chi connectivity index (χ4v) is 2.33. The molecular weight excluding hydrogens is 307 g/mol. The second kappa shape index (κ2) is 7.34. The minimum Gasteiger partial charge on any atom is -0.330 e. The third-order valence-electron chi connectivity index (χ3n) is 2.68. The van der Waals surface area contributed by atoms with E-state index in [-0.39, 0.29) is 11.8 Å². The van der Waals surface area contributed by atoms with E-state index < -0.39 is 0 Å². The summed E-state index contributed by atoms with van der Waals surface area (Å²) >= 11 is 17.7. The van der Waals surface area contributed by atoms with Crippen molar-refractivity contribution in [3.63, 3.8) is 0 Å². The van der Waals surface area contributed by atoms with Gasteiger partial charge in [0.25, 0.3) is 0 Å². The van der Waals surface area contributed by atoms with Gasteiger partial charge in [0.1, 0.15) is 0 Å². The highest BCUT2D eigenvalue weighted by Crippen LogP contribution is 2.32. The van der Waals surface area contributed by atoms with Gasteiger partial charge >= 0.3 is 0 Å². The molecule has 3 N–H and O–H groups in total. The van der Waals surface area contributed by atoms with Crippen LogP contribution >= 0.6 is 34.8 Å². The highest BCUT2D eigenvalue weighted by atomic mass is 35.5. The average Bonchev–Trinajstić information content (AvgIpc) is 2.32.